The molecule has 112 valence electrons. The summed E-state index contributed by atoms with van der Waals surface area (Å²) in [5.74, 6) is 0.715. The Morgan fingerprint density at radius 2 is 2.05 bits per heavy atom. The first kappa shape index (κ1) is 15.9. The van der Waals surface area contributed by atoms with Gasteiger partial charge in [0, 0.05) is 17.1 Å². The third kappa shape index (κ3) is 4.48. The van der Waals surface area contributed by atoms with Gasteiger partial charge in [0.1, 0.15) is 0 Å². The van der Waals surface area contributed by atoms with Gasteiger partial charge in [-0.2, -0.15) is 0 Å². The fraction of sp³-hybridized carbons (Fsp3) is 0.294. The molecule has 0 unspecified atom stereocenters. The highest BCUT2D eigenvalue weighted by molar-refractivity contribution is 9.10. The first-order valence-corrected chi connectivity index (χ1v) is 7.83. The van der Waals surface area contributed by atoms with Crippen LogP contribution in [0.4, 0.5) is 0 Å². The average Bonchev–Trinajstić information content (AvgIpc) is 2.48. The predicted octanol–water partition coefficient (Wildman–Crippen LogP) is 4.40. The number of hydrogen-bond acceptors (Lipinski definition) is 3. The molecule has 3 nitrogen and oxygen atoms in total. The molecule has 0 aromatic heterocycles. The standard InChI is InChI=1S/C17H20BrNO2/c1-3-21-17-9-13(7-8-16(17)20)11-19-12(2)14-5-4-6-15(18)10-14/h4-10,12,19-20H,3,11H2,1-2H3/t12-/m0/s1. The van der Waals surface area contributed by atoms with Crippen LogP contribution in [-0.4, -0.2) is 11.7 Å². The fourth-order valence-corrected chi connectivity index (χ4v) is 2.52. The van der Waals surface area contributed by atoms with E-state index in [9.17, 15) is 5.11 Å². The van der Waals surface area contributed by atoms with E-state index < -0.39 is 0 Å². The van der Waals surface area contributed by atoms with Crippen LogP contribution in [0.25, 0.3) is 0 Å². The van der Waals surface area contributed by atoms with Gasteiger partial charge in [-0.05, 0) is 49.2 Å². The number of ether oxygens (including phenoxy) is 1. The Hall–Kier alpha value is -1.52. The Morgan fingerprint density at radius 1 is 1.24 bits per heavy atom. The highest BCUT2D eigenvalue weighted by Crippen LogP contribution is 2.27. The van der Waals surface area contributed by atoms with Crippen LogP contribution >= 0.6 is 15.9 Å². The normalized spacial score (nSPS) is 12.1. The lowest BCUT2D eigenvalue weighted by molar-refractivity contribution is 0.317. The number of nitrogens with one attached hydrogen (secondary N) is 1. The molecule has 21 heavy (non-hydrogen) atoms. The molecular formula is C17H20BrNO2. The Morgan fingerprint density at radius 3 is 2.76 bits per heavy atom. The fourth-order valence-electron chi connectivity index (χ4n) is 2.10. The van der Waals surface area contributed by atoms with Gasteiger partial charge in [-0.25, -0.2) is 0 Å². The van der Waals surface area contributed by atoms with Crippen LogP contribution in [0.2, 0.25) is 0 Å². The largest absolute Gasteiger partial charge is 0.504 e. The highest BCUT2D eigenvalue weighted by atomic mass is 79.9. The smallest absolute Gasteiger partial charge is 0.161 e. The molecule has 4 heteroatoms. The van der Waals surface area contributed by atoms with Gasteiger partial charge in [-0.15, -0.1) is 0 Å². The van der Waals surface area contributed by atoms with E-state index in [-0.39, 0.29) is 11.8 Å². The second-order valence-electron chi connectivity index (χ2n) is 4.89. The summed E-state index contributed by atoms with van der Waals surface area (Å²) in [4.78, 5) is 0. The summed E-state index contributed by atoms with van der Waals surface area (Å²) >= 11 is 3.49. The molecule has 0 spiro atoms. The number of rotatable bonds is 6. The Balaban J connectivity index is 2.01. The zero-order chi connectivity index (χ0) is 15.2. The van der Waals surface area contributed by atoms with E-state index >= 15 is 0 Å². The van der Waals surface area contributed by atoms with Crippen molar-refractivity contribution in [1.82, 2.24) is 5.32 Å². The molecule has 0 bridgehead atoms. The SMILES string of the molecule is CCOc1cc(CN[C@@H](C)c2cccc(Br)c2)ccc1O. The molecule has 2 aromatic rings. The number of aromatic hydroxyl groups is 1. The highest BCUT2D eigenvalue weighted by Gasteiger charge is 2.07. The van der Waals surface area contributed by atoms with E-state index in [1.54, 1.807) is 6.07 Å². The third-order valence-electron chi connectivity index (χ3n) is 3.29. The molecule has 0 saturated carbocycles. The zero-order valence-electron chi connectivity index (χ0n) is 12.3. The molecule has 0 heterocycles. The van der Waals surface area contributed by atoms with Gasteiger partial charge in [-0.3, -0.25) is 0 Å². The van der Waals surface area contributed by atoms with Crippen molar-refractivity contribution in [2.75, 3.05) is 6.61 Å². The topological polar surface area (TPSA) is 41.5 Å². The lowest BCUT2D eigenvalue weighted by Crippen LogP contribution is -2.18. The lowest BCUT2D eigenvalue weighted by atomic mass is 10.1. The van der Waals surface area contributed by atoms with Crippen molar-refractivity contribution in [2.24, 2.45) is 0 Å². The maximum atomic E-state index is 9.70. The Kier molecular flexibility index (Phi) is 5.65. The van der Waals surface area contributed by atoms with Crippen LogP contribution < -0.4 is 10.1 Å². The van der Waals surface area contributed by atoms with Crippen molar-refractivity contribution in [3.8, 4) is 11.5 Å². The van der Waals surface area contributed by atoms with Gasteiger partial charge in [-0.1, -0.05) is 34.1 Å². The number of halogens is 1. The van der Waals surface area contributed by atoms with Crippen molar-refractivity contribution < 1.29 is 9.84 Å². The summed E-state index contributed by atoms with van der Waals surface area (Å²) in [6.07, 6.45) is 0. The first-order valence-electron chi connectivity index (χ1n) is 7.03. The zero-order valence-corrected chi connectivity index (χ0v) is 13.9. The van der Waals surface area contributed by atoms with Gasteiger partial charge < -0.3 is 15.2 Å². The maximum Gasteiger partial charge on any atom is 0.161 e. The van der Waals surface area contributed by atoms with Gasteiger partial charge >= 0.3 is 0 Å². The van der Waals surface area contributed by atoms with Gasteiger partial charge in [0.2, 0.25) is 0 Å². The summed E-state index contributed by atoms with van der Waals surface area (Å²) in [6.45, 7) is 5.29. The second kappa shape index (κ2) is 7.48. The van der Waals surface area contributed by atoms with Crippen LogP contribution in [0, 0.1) is 0 Å². The van der Waals surface area contributed by atoms with Gasteiger partial charge in [0.05, 0.1) is 6.61 Å². The minimum absolute atomic E-state index is 0.181. The van der Waals surface area contributed by atoms with E-state index in [0.29, 0.717) is 18.9 Å². The minimum Gasteiger partial charge on any atom is -0.504 e. The van der Waals surface area contributed by atoms with E-state index in [2.05, 4.69) is 40.3 Å². The van der Waals surface area contributed by atoms with Crippen LogP contribution in [0.15, 0.2) is 46.9 Å². The number of phenols is 1. The van der Waals surface area contributed by atoms with E-state index in [4.69, 9.17) is 4.74 Å². The molecule has 0 radical (unpaired) electrons. The quantitative estimate of drug-likeness (QED) is 0.811. The summed E-state index contributed by atoms with van der Waals surface area (Å²) in [6, 6.07) is 14.0. The Labute approximate surface area is 134 Å². The van der Waals surface area contributed by atoms with Crippen molar-refractivity contribution in [1.29, 1.82) is 0 Å². The molecule has 2 aromatic carbocycles. The summed E-state index contributed by atoms with van der Waals surface area (Å²) in [5, 5.41) is 13.2. The van der Waals surface area contributed by atoms with Crippen molar-refractivity contribution in [2.45, 2.75) is 26.4 Å². The summed E-state index contributed by atoms with van der Waals surface area (Å²) < 4.78 is 6.48. The summed E-state index contributed by atoms with van der Waals surface area (Å²) in [7, 11) is 0. The molecule has 0 amide bonds. The molecule has 0 saturated heterocycles. The minimum atomic E-state index is 0.181. The number of hydrogen-bond donors (Lipinski definition) is 2. The molecule has 2 N–H and O–H groups in total. The van der Waals surface area contributed by atoms with E-state index in [0.717, 1.165) is 10.0 Å². The molecule has 0 fully saturated rings. The second-order valence-corrected chi connectivity index (χ2v) is 5.81. The van der Waals surface area contributed by atoms with E-state index in [1.807, 2.05) is 31.2 Å². The van der Waals surface area contributed by atoms with Gasteiger partial charge in [0.25, 0.3) is 0 Å². The van der Waals surface area contributed by atoms with Gasteiger partial charge in [0.15, 0.2) is 11.5 Å². The number of benzene rings is 2. The van der Waals surface area contributed by atoms with Crippen molar-refractivity contribution in [3.05, 3.63) is 58.1 Å². The average molecular weight is 350 g/mol. The first-order chi connectivity index (χ1) is 10.1. The number of phenolic OH excluding ortho intramolecular Hbond substituents is 1. The molecule has 2 rings (SSSR count). The van der Waals surface area contributed by atoms with Crippen molar-refractivity contribution >= 4 is 15.9 Å². The van der Waals surface area contributed by atoms with Crippen LogP contribution in [0.3, 0.4) is 0 Å². The van der Waals surface area contributed by atoms with Crippen molar-refractivity contribution in [3.63, 3.8) is 0 Å². The lowest BCUT2D eigenvalue weighted by Gasteiger charge is -2.15. The third-order valence-corrected chi connectivity index (χ3v) is 3.78. The summed E-state index contributed by atoms with van der Waals surface area (Å²) in [5.41, 5.74) is 2.31. The predicted molar refractivity (Wildman–Crippen MR) is 88.7 cm³/mol. The monoisotopic (exact) mass is 349 g/mol. The Bertz CT molecular complexity index is 601. The molecular weight excluding hydrogens is 330 g/mol. The molecule has 0 aliphatic carbocycles. The molecule has 0 aliphatic rings. The van der Waals surface area contributed by atoms with Crippen LogP contribution in [-0.2, 0) is 6.54 Å². The van der Waals surface area contributed by atoms with Crippen LogP contribution in [0.5, 0.6) is 11.5 Å². The molecule has 1 atom stereocenters. The van der Waals surface area contributed by atoms with Crippen LogP contribution in [0.1, 0.15) is 31.0 Å². The molecule has 0 aliphatic heterocycles. The maximum absolute atomic E-state index is 9.70. The van der Waals surface area contributed by atoms with E-state index in [1.165, 1.54) is 5.56 Å².